The Morgan fingerprint density at radius 1 is 0.652 bits per heavy atom. The van der Waals surface area contributed by atoms with E-state index in [0.29, 0.717) is 24.1 Å². The summed E-state index contributed by atoms with van der Waals surface area (Å²) in [4.78, 5) is 22.7. The third kappa shape index (κ3) is 34.3. The van der Waals surface area contributed by atoms with Crippen molar-refractivity contribution in [3.63, 3.8) is 0 Å². The number of esters is 1. The number of likely N-dealkylation sites (N-methyl/N-ethyl adjacent to an activating group) is 1. The number of phosphoric ester groups is 1. The summed E-state index contributed by atoms with van der Waals surface area (Å²) >= 11 is 0. The minimum Gasteiger partial charge on any atom is -0.457 e. The number of hydrogen-bond donors (Lipinski definition) is 1. The summed E-state index contributed by atoms with van der Waals surface area (Å²) in [5, 5.41) is 0. The molecule has 0 rings (SSSR count). The van der Waals surface area contributed by atoms with Crippen molar-refractivity contribution in [1.82, 2.24) is 0 Å². The van der Waals surface area contributed by atoms with Crippen LogP contribution in [0.15, 0.2) is 24.3 Å². The van der Waals surface area contributed by atoms with E-state index in [1.807, 2.05) is 21.1 Å². The first-order valence-electron chi connectivity index (χ1n) is 18.6. The van der Waals surface area contributed by atoms with Crippen molar-refractivity contribution in [2.75, 3.05) is 54.1 Å². The molecule has 0 aliphatic carbocycles. The zero-order chi connectivity index (χ0) is 34.2. The number of nitrogens with zero attached hydrogens (tertiary/aromatic N) is 1. The third-order valence-electron chi connectivity index (χ3n) is 7.74. The van der Waals surface area contributed by atoms with E-state index in [-0.39, 0.29) is 25.8 Å². The zero-order valence-electron chi connectivity index (χ0n) is 30.6. The zero-order valence-corrected chi connectivity index (χ0v) is 31.5. The number of carbonyl (C=O) groups is 1. The fourth-order valence-corrected chi connectivity index (χ4v) is 5.50. The topological polar surface area (TPSA) is 91.3 Å². The summed E-state index contributed by atoms with van der Waals surface area (Å²) < 4.78 is 34.8. The van der Waals surface area contributed by atoms with Crippen LogP contribution in [-0.4, -0.2) is 75.6 Å². The Bertz CT molecular complexity index is 797. The van der Waals surface area contributed by atoms with Gasteiger partial charge in [-0.2, -0.15) is 0 Å². The predicted molar refractivity (Wildman–Crippen MR) is 192 cm³/mol. The second kappa shape index (κ2) is 31.3. The van der Waals surface area contributed by atoms with Gasteiger partial charge in [-0.25, -0.2) is 4.57 Å². The highest BCUT2D eigenvalue weighted by atomic mass is 31.2. The molecule has 8 nitrogen and oxygen atoms in total. The van der Waals surface area contributed by atoms with Gasteiger partial charge in [-0.3, -0.25) is 13.8 Å². The van der Waals surface area contributed by atoms with E-state index in [2.05, 4.69) is 38.2 Å². The van der Waals surface area contributed by atoms with E-state index in [4.69, 9.17) is 18.5 Å². The summed E-state index contributed by atoms with van der Waals surface area (Å²) in [6.45, 7) is 5.53. The van der Waals surface area contributed by atoms with Crippen LogP contribution in [0.5, 0.6) is 0 Å². The molecular formula is C37H73NO7P+. The monoisotopic (exact) mass is 675 g/mol. The van der Waals surface area contributed by atoms with Crippen LogP contribution in [0.4, 0.5) is 0 Å². The number of allylic oxidation sites excluding steroid dienone is 4. The van der Waals surface area contributed by atoms with Gasteiger partial charge in [0.1, 0.15) is 19.3 Å². The molecule has 9 heteroatoms. The first-order valence-corrected chi connectivity index (χ1v) is 20.1. The van der Waals surface area contributed by atoms with Crippen molar-refractivity contribution in [1.29, 1.82) is 0 Å². The highest BCUT2D eigenvalue weighted by molar-refractivity contribution is 7.47. The number of unbranched alkanes of at least 4 members (excludes halogenated alkanes) is 16. The number of hydrogen-bond acceptors (Lipinski definition) is 6. The molecule has 0 fully saturated rings. The predicted octanol–water partition coefficient (Wildman–Crippen LogP) is 10.1. The minimum atomic E-state index is -4.26. The molecule has 1 N–H and O–H groups in total. The van der Waals surface area contributed by atoms with E-state index in [9.17, 15) is 14.3 Å². The molecular weight excluding hydrogens is 601 g/mol. The van der Waals surface area contributed by atoms with Crippen LogP contribution in [-0.2, 0) is 27.9 Å². The van der Waals surface area contributed by atoms with Gasteiger partial charge in [0, 0.05) is 13.0 Å². The highest BCUT2D eigenvalue weighted by Crippen LogP contribution is 2.43. The number of carbonyl (C=O) groups excluding carboxylic acids is 1. The average molecular weight is 675 g/mol. The molecule has 0 aliphatic rings. The molecule has 0 aliphatic heterocycles. The average Bonchev–Trinajstić information content (AvgIpc) is 2.99. The Hall–Kier alpha value is -1.02. The van der Waals surface area contributed by atoms with E-state index >= 15 is 0 Å². The second-order valence-electron chi connectivity index (χ2n) is 13.6. The lowest BCUT2D eigenvalue weighted by molar-refractivity contribution is -0.870. The van der Waals surface area contributed by atoms with Gasteiger partial charge in [-0.15, -0.1) is 0 Å². The molecule has 0 heterocycles. The first-order chi connectivity index (χ1) is 22.1. The largest absolute Gasteiger partial charge is 0.472 e. The smallest absolute Gasteiger partial charge is 0.457 e. The highest BCUT2D eigenvalue weighted by Gasteiger charge is 2.26. The van der Waals surface area contributed by atoms with E-state index in [1.54, 1.807) is 0 Å². The molecule has 0 spiro atoms. The molecule has 0 aromatic heterocycles. The van der Waals surface area contributed by atoms with Gasteiger partial charge in [0.15, 0.2) is 0 Å². The van der Waals surface area contributed by atoms with Gasteiger partial charge < -0.3 is 18.9 Å². The Labute approximate surface area is 283 Å². The Kier molecular flexibility index (Phi) is 30.6. The van der Waals surface area contributed by atoms with E-state index < -0.39 is 13.9 Å². The summed E-state index contributed by atoms with van der Waals surface area (Å²) in [6.07, 6.45) is 32.0. The summed E-state index contributed by atoms with van der Waals surface area (Å²) in [5.74, 6) is -0.328. The molecule has 2 atom stereocenters. The van der Waals surface area contributed by atoms with Crippen LogP contribution in [0.3, 0.4) is 0 Å². The van der Waals surface area contributed by atoms with Crippen LogP contribution in [0.2, 0.25) is 0 Å². The van der Waals surface area contributed by atoms with Gasteiger partial charge in [-0.05, 0) is 57.8 Å². The van der Waals surface area contributed by atoms with Crippen molar-refractivity contribution in [3.8, 4) is 0 Å². The van der Waals surface area contributed by atoms with E-state index in [1.165, 1.54) is 83.5 Å². The molecule has 272 valence electrons. The fourth-order valence-electron chi connectivity index (χ4n) is 4.76. The van der Waals surface area contributed by atoms with Gasteiger partial charge in [0.25, 0.3) is 0 Å². The second-order valence-corrected chi connectivity index (χ2v) is 15.0. The Morgan fingerprint density at radius 2 is 1.15 bits per heavy atom. The lowest BCUT2D eigenvalue weighted by atomic mass is 10.1. The van der Waals surface area contributed by atoms with E-state index in [0.717, 1.165) is 44.9 Å². The van der Waals surface area contributed by atoms with Crippen LogP contribution < -0.4 is 0 Å². The molecule has 0 amide bonds. The minimum absolute atomic E-state index is 0.0864. The first kappa shape index (κ1) is 45.0. The van der Waals surface area contributed by atoms with Gasteiger partial charge in [0.05, 0.1) is 34.4 Å². The number of ether oxygens (including phenoxy) is 2. The number of quaternary nitrogens is 1. The lowest BCUT2D eigenvalue weighted by Crippen LogP contribution is -2.37. The van der Waals surface area contributed by atoms with Gasteiger partial charge >= 0.3 is 13.8 Å². The molecule has 0 bridgehead atoms. The summed E-state index contributed by atoms with van der Waals surface area (Å²) in [5.41, 5.74) is 0. The molecule has 0 radical (unpaired) electrons. The maximum atomic E-state index is 12.6. The SMILES string of the molecule is CCCC/C=C\CCCCCCCC(=O)OC(COCCCCCCCC/C=C\CCCCC)COP(=O)(O)OCC[N+](C)(C)C. The number of phosphoric acid groups is 1. The van der Waals surface area contributed by atoms with Crippen LogP contribution in [0.25, 0.3) is 0 Å². The molecule has 0 saturated carbocycles. The molecule has 46 heavy (non-hydrogen) atoms. The van der Waals surface area contributed by atoms with Gasteiger partial charge in [0.2, 0.25) is 0 Å². The summed E-state index contributed by atoms with van der Waals surface area (Å²) in [6, 6.07) is 0. The molecule has 0 aromatic rings. The van der Waals surface area contributed by atoms with Crippen LogP contribution in [0.1, 0.15) is 149 Å². The summed E-state index contributed by atoms with van der Waals surface area (Å²) in [7, 11) is 1.66. The maximum Gasteiger partial charge on any atom is 0.472 e. The fraction of sp³-hybridized carbons (Fsp3) is 0.865. The van der Waals surface area contributed by atoms with Crippen LogP contribution in [0, 0.1) is 0 Å². The molecule has 0 aromatic carbocycles. The third-order valence-corrected chi connectivity index (χ3v) is 8.72. The van der Waals surface area contributed by atoms with Crippen molar-refractivity contribution in [2.45, 2.75) is 155 Å². The van der Waals surface area contributed by atoms with Crippen molar-refractivity contribution < 1.29 is 37.3 Å². The standard InChI is InChI=1S/C37H72NO7P/c1-6-8-10-12-14-16-18-19-21-23-25-27-29-32-42-34-36(35-44-46(40,41)43-33-31-38(3,4)5)45-37(39)30-28-26-24-22-20-17-15-13-11-9-7-2/h13-16,36H,6-12,17-35H2,1-5H3/p+1/b15-13-,16-14-. The van der Waals surface area contributed by atoms with Crippen molar-refractivity contribution in [3.05, 3.63) is 24.3 Å². The van der Waals surface area contributed by atoms with Gasteiger partial charge in [-0.1, -0.05) is 109 Å². The molecule has 0 saturated heterocycles. The van der Waals surface area contributed by atoms with Crippen molar-refractivity contribution in [2.24, 2.45) is 0 Å². The lowest BCUT2D eigenvalue weighted by Gasteiger charge is -2.24. The Balaban J connectivity index is 4.34. The normalized spacial score (nSPS) is 14.3. The Morgan fingerprint density at radius 3 is 1.72 bits per heavy atom. The number of rotatable bonds is 34. The van der Waals surface area contributed by atoms with Crippen LogP contribution >= 0.6 is 7.82 Å². The maximum absolute atomic E-state index is 12.6. The quantitative estimate of drug-likeness (QED) is 0.0239. The van der Waals surface area contributed by atoms with Crippen molar-refractivity contribution >= 4 is 13.8 Å². The molecule has 2 unspecified atom stereocenters.